The lowest BCUT2D eigenvalue weighted by molar-refractivity contribution is -0.115. The molecule has 10 nitrogen and oxygen atoms in total. The molecule has 0 radical (unpaired) electrons. The molecule has 0 fully saturated rings. The molecule has 0 aromatic carbocycles. The summed E-state index contributed by atoms with van der Waals surface area (Å²) < 4.78 is 4.43. The molecule has 110 valence electrons. The van der Waals surface area contributed by atoms with Crippen molar-refractivity contribution in [1.82, 2.24) is 20.3 Å². The fraction of sp³-hybridized carbons (Fsp3) is 0.200. The Labute approximate surface area is 121 Å². The molecule has 0 saturated carbocycles. The Morgan fingerprint density at radius 1 is 1.33 bits per heavy atom. The van der Waals surface area contributed by atoms with E-state index in [0.29, 0.717) is 5.16 Å². The van der Waals surface area contributed by atoms with E-state index in [1.165, 1.54) is 19.2 Å². The van der Waals surface area contributed by atoms with E-state index in [1.807, 2.05) is 0 Å². The van der Waals surface area contributed by atoms with Crippen LogP contribution < -0.4 is 16.2 Å². The van der Waals surface area contributed by atoms with Gasteiger partial charge in [-0.05, 0) is 10.3 Å². The van der Waals surface area contributed by atoms with Crippen LogP contribution in [0.4, 0.5) is 11.6 Å². The van der Waals surface area contributed by atoms with Crippen LogP contribution in [-0.2, 0) is 9.59 Å². The molecular weight excluding hydrogens is 300 g/mol. The summed E-state index contributed by atoms with van der Waals surface area (Å²) in [7, 11) is 0. The van der Waals surface area contributed by atoms with Gasteiger partial charge in [0.25, 0.3) is 5.56 Å². The van der Waals surface area contributed by atoms with Crippen molar-refractivity contribution in [3.8, 4) is 0 Å². The zero-order valence-corrected chi connectivity index (χ0v) is 11.6. The van der Waals surface area contributed by atoms with E-state index in [4.69, 9.17) is 0 Å². The molecule has 0 saturated heterocycles. The number of thioether (sulfide) groups is 1. The number of carbonyl (C=O) groups is 2. The third kappa shape index (κ3) is 4.42. The summed E-state index contributed by atoms with van der Waals surface area (Å²) in [6, 6.07) is 1.27. The van der Waals surface area contributed by atoms with E-state index >= 15 is 0 Å². The molecule has 2 heterocycles. The second-order valence-electron chi connectivity index (χ2n) is 3.72. The number of H-pyrrole nitrogens is 1. The lowest BCUT2D eigenvalue weighted by Crippen LogP contribution is -2.17. The van der Waals surface area contributed by atoms with Crippen molar-refractivity contribution in [3.05, 3.63) is 22.6 Å². The van der Waals surface area contributed by atoms with Gasteiger partial charge >= 0.3 is 0 Å². The molecule has 0 atom stereocenters. The lowest BCUT2D eigenvalue weighted by atomic mass is 10.5. The Bertz CT molecular complexity index is 711. The number of nitrogens with one attached hydrogen (secondary N) is 3. The van der Waals surface area contributed by atoms with Crippen LogP contribution in [0.1, 0.15) is 6.92 Å². The molecule has 11 heteroatoms. The second-order valence-corrected chi connectivity index (χ2v) is 4.68. The van der Waals surface area contributed by atoms with Crippen molar-refractivity contribution in [2.24, 2.45) is 0 Å². The highest BCUT2D eigenvalue weighted by atomic mass is 32.2. The second kappa shape index (κ2) is 6.65. The number of hydrogen-bond acceptors (Lipinski definition) is 8. The smallest absolute Gasteiger partial charge is 0.251 e. The van der Waals surface area contributed by atoms with E-state index in [0.717, 1.165) is 11.8 Å². The molecule has 0 spiro atoms. The average molecular weight is 310 g/mol. The molecule has 21 heavy (non-hydrogen) atoms. The number of aromatic amines is 1. The normalized spacial score (nSPS) is 10.1. The molecule has 0 aliphatic rings. The van der Waals surface area contributed by atoms with Crippen LogP contribution >= 0.6 is 11.8 Å². The minimum atomic E-state index is -0.422. The van der Waals surface area contributed by atoms with Gasteiger partial charge in [-0.25, -0.2) is 9.61 Å². The summed E-state index contributed by atoms with van der Waals surface area (Å²) in [5.74, 6) is -0.785. The van der Waals surface area contributed by atoms with E-state index in [9.17, 15) is 14.4 Å². The number of aromatic nitrogens is 4. The van der Waals surface area contributed by atoms with Crippen LogP contribution in [0, 0.1) is 0 Å². The van der Waals surface area contributed by atoms with Crippen LogP contribution in [0.5, 0.6) is 0 Å². The van der Waals surface area contributed by atoms with Crippen molar-refractivity contribution in [1.29, 1.82) is 0 Å². The first-order valence-corrected chi connectivity index (χ1v) is 6.61. The van der Waals surface area contributed by atoms with Gasteiger partial charge in [0, 0.05) is 19.2 Å². The fourth-order valence-corrected chi connectivity index (χ4v) is 1.89. The summed E-state index contributed by atoms with van der Waals surface area (Å²) in [5, 5.41) is 12.0. The molecule has 2 aromatic rings. The summed E-state index contributed by atoms with van der Waals surface area (Å²) in [4.78, 5) is 40.1. The number of hydrogen-bond donors (Lipinski definition) is 3. The molecule has 3 N–H and O–H groups in total. The topological polar surface area (TPSA) is 143 Å². The van der Waals surface area contributed by atoms with Gasteiger partial charge in [0.05, 0.1) is 5.75 Å². The van der Waals surface area contributed by atoms with Crippen LogP contribution in [0.15, 0.2) is 26.8 Å². The van der Waals surface area contributed by atoms with Gasteiger partial charge in [-0.3, -0.25) is 14.4 Å². The van der Waals surface area contributed by atoms with Gasteiger partial charge < -0.3 is 15.6 Å². The van der Waals surface area contributed by atoms with Crippen LogP contribution in [0.25, 0.3) is 0 Å². The minimum Gasteiger partial charge on any atom is -0.305 e. The Morgan fingerprint density at radius 2 is 2.05 bits per heavy atom. The molecule has 2 amide bonds. The van der Waals surface area contributed by atoms with Crippen molar-refractivity contribution >= 4 is 35.2 Å². The van der Waals surface area contributed by atoms with E-state index in [1.54, 1.807) is 0 Å². The number of carbonyl (C=O) groups excluding carboxylic acids is 2. The quantitative estimate of drug-likeness (QED) is 0.510. The maximum atomic E-state index is 11.7. The molecule has 0 unspecified atom stereocenters. The summed E-state index contributed by atoms with van der Waals surface area (Å²) in [5.41, 5.74) is -0.304. The Hall–Kier alpha value is -2.69. The van der Waals surface area contributed by atoms with Crippen LogP contribution in [0.3, 0.4) is 0 Å². The third-order valence-electron chi connectivity index (χ3n) is 2.03. The van der Waals surface area contributed by atoms with E-state index in [-0.39, 0.29) is 28.9 Å². The van der Waals surface area contributed by atoms with E-state index < -0.39 is 5.91 Å². The number of rotatable bonds is 5. The first kappa shape index (κ1) is 14.7. The Morgan fingerprint density at radius 3 is 2.71 bits per heavy atom. The number of anilines is 2. The van der Waals surface area contributed by atoms with Crippen LogP contribution in [0.2, 0.25) is 0 Å². The van der Waals surface area contributed by atoms with Gasteiger partial charge in [-0.1, -0.05) is 11.8 Å². The number of nitrogens with zero attached hydrogens (tertiary/aromatic N) is 3. The lowest BCUT2D eigenvalue weighted by Gasteiger charge is -2.02. The summed E-state index contributed by atoms with van der Waals surface area (Å²) in [6.07, 6.45) is 1.34. The predicted octanol–water partition coefficient (Wildman–Crippen LogP) is -0.158. The van der Waals surface area contributed by atoms with Gasteiger partial charge in [0.15, 0.2) is 5.16 Å². The van der Waals surface area contributed by atoms with Crippen molar-refractivity contribution in [2.75, 3.05) is 16.4 Å². The Kier molecular flexibility index (Phi) is 4.66. The van der Waals surface area contributed by atoms with E-state index in [2.05, 4.69) is 35.5 Å². The monoisotopic (exact) mass is 310 g/mol. The SMILES string of the molecule is CC(=O)Nc1nonc1NC(=O)CSc1nccc(=O)[nH]1. The number of amides is 2. The highest BCUT2D eigenvalue weighted by Gasteiger charge is 2.14. The minimum absolute atomic E-state index is 0.00492. The zero-order chi connectivity index (χ0) is 15.2. The molecule has 0 aliphatic carbocycles. The standard InChI is InChI=1S/C10H10N6O4S/c1-5(17)12-8-9(16-20-15-8)13-7(19)4-21-10-11-3-2-6(18)14-10/h2-3H,4H2,1H3,(H,11,14,18)(H,12,15,17)(H,13,16,19). The average Bonchev–Trinajstić information content (AvgIpc) is 2.83. The van der Waals surface area contributed by atoms with Crippen molar-refractivity contribution in [2.45, 2.75) is 12.1 Å². The highest BCUT2D eigenvalue weighted by Crippen LogP contribution is 2.16. The third-order valence-corrected chi connectivity index (χ3v) is 2.92. The molecular formula is C10H10N6O4S. The van der Waals surface area contributed by atoms with Crippen molar-refractivity contribution in [3.63, 3.8) is 0 Å². The van der Waals surface area contributed by atoms with Crippen molar-refractivity contribution < 1.29 is 14.2 Å². The maximum Gasteiger partial charge on any atom is 0.251 e. The molecule has 2 rings (SSSR count). The first-order chi connectivity index (χ1) is 10.0. The summed E-state index contributed by atoms with van der Waals surface area (Å²) >= 11 is 1.04. The van der Waals surface area contributed by atoms with Crippen LogP contribution in [-0.4, -0.2) is 37.8 Å². The largest absolute Gasteiger partial charge is 0.305 e. The maximum absolute atomic E-state index is 11.7. The van der Waals surface area contributed by atoms with Gasteiger partial charge in [-0.2, -0.15) is 0 Å². The van der Waals surface area contributed by atoms with Gasteiger partial charge in [0.1, 0.15) is 0 Å². The first-order valence-electron chi connectivity index (χ1n) is 5.62. The van der Waals surface area contributed by atoms with Gasteiger partial charge in [-0.15, -0.1) is 0 Å². The van der Waals surface area contributed by atoms with Gasteiger partial charge in [0.2, 0.25) is 23.5 Å². The summed E-state index contributed by atoms with van der Waals surface area (Å²) in [6.45, 7) is 1.29. The molecule has 0 aliphatic heterocycles. The highest BCUT2D eigenvalue weighted by molar-refractivity contribution is 7.99. The Balaban J connectivity index is 1.92. The fourth-order valence-electron chi connectivity index (χ4n) is 1.25. The molecule has 0 bridgehead atoms. The molecule has 2 aromatic heterocycles. The predicted molar refractivity (Wildman–Crippen MR) is 72.8 cm³/mol. The zero-order valence-electron chi connectivity index (χ0n) is 10.7.